The van der Waals surface area contributed by atoms with E-state index in [2.05, 4.69) is 15.1 Å². The summed E-state index contributed by atoms with van der Waals surface area (Å²) in [5, 5.41) is 4.35. The molecule has 2 fully saturated rings. The number of hydrogen-bond donors (Lipinski definition) is 0. The number of piperazine rings is 1. The number of morpholine rings is 1. The molecule has 0 aromatic carbocycles. The third kappa shape index (κ3) is 3.20. The second-order valence-electron chi connectivity index (χ2n) is 3.97. The summed E-state index contributed by atoms with van der Waals surface area (Å²) in [4.78, 5) is 5.01. The third-order valence-electron chi connectivity index (χ3n) is 2.98. The summed E-state index contributed by atoms with van der Waals surface area (Å²) in [6.45, 7) is 10.8. The van der Waals surface area contributed by atoms with Crippen LogP contribution < -0.4 is 5.32 Å². The van der Waals surface area contributed by atoms with E-state index in [0.29, 0.717) is 0 Å². The summed E-state index contributed by atoms with van der Waals surface area (Å²) in [7, 11) is 0. The van der Waals surface area contributed by atoms with Gasteiger partial charge in [0.05, 0.1) is 13.2 Å². The molecule has 2 aliphatic rings. The van der Waals surface area contributed by atoms with Gasteiger partial charge in [-0.2, -0.15) is 0 Å². The van der Waals surface area contributed by atoms with Gasteiger partial charge >= 0.3 is 0 Å². The van der Waals surface area contributed by atoms with Gasteiger partial charge in [0.25, 0.3) is 0 Å². The number of ether oxygens (including phenoxy) is 1. The zero-order valence-corrected chi connectivity index (χ0v) is 8.82. The molecule has 0 amide bonds. The van der Waals surface area contributed by atoms with Crippen LogP contribution in [-0.4, -0.2) is 75.4 Å². The molecule has 0 aromatic rings. The smallest absolute Gasteiger partial charge is 0.0594 e. The van der Waals surface area contributed by atoms with Crippen molar-refractivity contribution in [1.82, 2.24) is 15.1 Å². The topological polar surface area (TPSA) is 29.8 Å². The lowest BCUT2D eigenvalue weighted by Crippen LogP contribution is -2.46. The van der Waals surface area contributed by atoms with E-state index in [1.165, 1.54) is 13.1 Å². The van der Waals surface area contributed by atoms with Crippen molar-refractivity contribution in [2.24, 2.45) is 0 Å². The van der Waals surface area contributed by atoms with Crippen molar-refractivity contribution in [3.05, 3.63) is 0 Å². The maximum absolute atomic E-state index is 5.32. The van der Waals surface area contributed by atoms with Gasteiger partial charge in [0, 0.05) is 52.4 Å². The first-order valence-corrected chi connectivity index (χ1v) is 5.61. The van der Waals surface area contributed by atoms with Gasteiger partial charge in [-0.15, -0.1) is 0 Å². The van der Waals surface area contributed by atoms with Crippen LogP contribution in [0, 0.1) is 0 Å². The average Bonchev–Trinajstić information content (AvgIpc) is 2.29. The molecule has 2 heterocycles. The normalized spacial score (nSPS) is 26.6. The Kier molecular flexibility index (Phi) is 4.19. The molecule has 1 radical (unpaired) electrons. The highest BCUT2D eigenvalue weighted by Crippen LogP contribution is 1.98. The van der Waals surface area contributed by atoms with E-state index in [1.54, 1.807) is 0 Å². The van der Waals surface area contributed by atoms with Crippen LogP contribution >= 0.6 is 0 Å². The number of nitrogens with zero attached hydrogens (tertiary/aromatic N) is 3. The highest BCUT2D eigenvalue weighted by molar-refractivity contribution is 4.70. The molecule has 0 atom stereocenters. The Morgan fingerprint density at radius 3 is 2.07 bits per heavy atom. The molecule has 2 rings (SSSR count). The van der Waals surface area contributed by atoms with Crippen LogP contribution in [-0.2, 0) is 4.74 Å². The summed E-state index contributed by atoms with van der Waals surface area (Å²) in [6, 6.07) is 0. The minimum absolute atomic E-state index is 0.912. The Bertz CT molecular complexity index is 135. The van der Waals surface area contributed by atoms with Crippen molar-refractivity contribution in [1.29, 1.82) is 0 Å². The fourth-order valence-corrected chi connectivity index (χ4v) is 1.98. The predicted molar refractivity (Wildman–Crippen MR) is 55.6 cm³/mol. The molecule has 4 heteroatoms. The van der Waals surface area contributed by atoms with Gasteiger partial charge < -0.3 is 4.74 Å². The second kappa shape index (κ2) is 5.66. The summed E-state index contributed by atoms with van der Waals surface area (Å²) in [5.74, 6) is 0. The van der Waals surface area contributed by atoms with Crippen LogP contribution in [0.2, 0.25) is 0 Å². The molecular formula is C10H20N3O. The van der Waals surface area contributed by atoms with Crippen LogP contribution in [0.5, 0.6) is 0 Å². The molecule has 0 unspecified atom stereocenters. The molecule has 81 valence electrons. The van der Waals surface area contributed by atoms with E-state index in [0.717, 1.165) is 52.5 Å². The molecule has 0 bridgehead atoms. The average molecular weight is 198 g/mol. The van der Waals surface area contributed by atoms with Crippen LogP contribution in [0.25, 0.3) is 0 Å². The number of hydrogen-bond acceptors (Lipinski definition) is 3. The first-order chi connectivity index (χ1) is 6.95. The predicted octanol–water partition coefficient (Wildman–Crippen LogP) is -0.761. The van der Waals surface area contributed by atoms with Crippen molar-refractivity contribution in [2.75, 3.05) is 65.6 Å². The van der Waals surface area contributed by atoms with Gasteiger partial charge in [-0.3, -0.25) is 9.80 Å². The quantitative estimate of drug-likeness (QED) is 0.597. The van der Waals surface area contributed by atoms with Crippen molar-refractivity contribution < 1.29 is 4.74 Å². The zero-order chi connectivity index (χ0) is 9.64. The highest BCUT2D eigenvalue weighted by Gasteiger charge is 2.13. The molecule has 2 aliphatic heterocycles. The molecule has 4 nitrogen and oxygen atoms in total. The Morgan fingerprint density at radius 1 is 0.857 bits per heavy atom. The van der Waals surface area contributed by atoms with E-state index in [-0.39, 0.29) is 0 Å². The monoisotopic (exact) mass is 198 g/mol. The van der Waals surface area contributed by atoms with Crippen molar-refractivity contribution >= 4 is 0 Å². The van der Waals surface area contributed by atoms with Crippen LogP contribution in [0.15, 0.2) is 0 Å². The van der Waals surface area contributed by atoms with E-state index >= 15 is 0 Å². The Labute approximate surface area is 86.2 Å². The maximum Gasteiger partial charge on any atom is 0.0594 e. The van der Waals surface area contributed by atoms with E-state index in [1.807, 2.05) is 0 Å². The molecule has 14 heavy (non-hydrogen) atoms. The van der Waals surface area contributed by atoms with Crippen LogP contribution in [0.4, 0.5) is 0 Å². The Hall–Kier alpha value is -0.160. The lowest BCUT2D eigenvalue weighted by molar-refractivity contribution is 0.0327. The summed E-state index contributed by atoms with van der Waals surface area (Å²) in [5.41, 5.74) is 0. The molecule has 0 saturated carbocycles. The minimum Gasteiger partial charge on any atom is -0.379 e. The molecule has 2 saturated heterocycles. The fraction of sp³-hybridized carbons (Fsp3) is 1.00. The number of rotatable bonds is 3. The zero-order valence-electron chi connectivity index (χ0n) is 8.82. The van der Waals surface area contributed by atoms with Gasteiger partial charge in [0.1, 0.15) is 0 Å². The molecule has 0 aromatic heterocycles. The summed E-state index contributed by atoms with van der Waals surface area (Å²) < 4.78 is 5.32. The molecular weight excluding hydrogens is 178 g/mol. The largest absolute Gasteiger partial charge is 0.379 e. The van der Waals surface area contributed by atoms with Crippen LogP contribution in [0.3, 0.4) is 0 Å². The van der Waals surface area contributed by atoms with Gasteiger partial charge in [0.15, 0.2) is 0 Å². The van der Waals surface area contributed by atoms with E-state index < -0.39 is 0 Å². The third-order valence-corrected chi connectivity index (χ3v) is 2.98. The molecule has 0 spiro atoms. The molecule has 0 N–H and O–H groups in total. The summed E-state index contributed by atoms with van der Waals surface area (Å²) in [6.07, 6.45) is 0. The fourth-order valence-electron chi connectivity index (χ4n) is 1.98. The lowest BCUT2D eigenvalue weighted by Gasteiger charge is -2.31. The Balaban J connectivity index is 1.60. The Morgan fingerprint density at radius 2 is 1.43 bits per heavy atom. The lowest BCUT2D eigenvalue weighted by atomic mass is 10.3. The maximum atomic E-state index is 5.32. The summed E-state index contributed by atoms with van der Waals surface area (Å²) >= 11 is 0. The first kappa shape index (κ1) is 10.4. The van der Waals surface area contributed by atoms with E-state index in [9.17, 15) is 0 Å². The van der Waals surface area contributed by atoms with Crippen molar-refractivity contribution in [3.8, 4) is 0 Å². The van der Waals surface area contributed by atoms with Crippen LogP contribution in [0.1, 0.15) is 0 Å². The van der Waals surface area contributed by atoms with Crippen molar-refractivity contribution in [2.45, 2.75) is 0 Å². The standard InChI is InChI=1S/C10H20N3O/c1-3-12(4-2-11-1)5-6-13-7-9-14-10-8-13/h1-10H2. The van der Waals surface area contributed by atoms with E-state index in [4.69, 9.17) is 4.74 Å². The minimum atomic E-state index is 0.912. The van der Waals surface area contributed by atoms with Gasteiger partial charge in [-0.25, -0.2) is 5.32 Å². The second-order valence-corrected chi connectivity index (χ2v) is 3.97. The first-order valence-electron chi connectivity index (χ1n) is 5.61. The van der Waals surface area contributed by atoms with Gasteiger partial charge in [0.2, 0.25) is 0 Å². The van der Waals surface area contributed by atoms with Crippen molar-refractivity contribution in [3.63, 3.8) is 0 Å². The van der Waals surface area contributed by atoms with Gasteiger partial charge in [-0.05, 0) is 0 Å². The molecule has 0 aliphatic carbocycles. The highest BCUT2D eigenvalue weighted by atomic mass is 16.5. The van der Waals surface area contributed by atoms with Gasteiger partial charge in [-0.1, -0.05) is 0 Å². The SMILES string of the molecule is C1CN(CCN2CCOCC2)CC[N]1.